The van der Waals surface area contributed by atoms with E-state index in [1.165, 1.54) is 12.8 Å². The molecule has 0 aliphatic carbocycles. The number of amides is 1. The molecule has 0 unspecified atom stereocenters. The third-order valence-electron chi connectivity index (χ3n) is 5.68. The number of fused-ring (bicyclic) bond motifs is 4. The Labute approximate surface area is 179 Å². The topological polar surface area (TPSA) is 123 Å². The number of carboxylic acid groups (broad SMARTS) is 1. The van der Waals surface area contributed by atoms with Crippen LogP contribution in [0.1, 0.15) is 29.8 Å². The predicted molar refractivity (Wildman–Crippen MR) is 117 cm³/mol. The van der Waals surface area contributed by atoms with Crippen molar-refractivity contribution in [3.8, 4) is 0 Å². The second-order valence-corrected chi connectivity index (χ2v) is 8.41. The van der Waals surface area contributed by atoms with Gasteiger partial charge in [0, 0.05) is 36.7 Å². The summed E-state index contributed by atoms with van der Waals surface area (Å²) in [6.45, 7) is 3.70. The van der Waals surface area contributed by atoms with Crippen molar-refractivity contribution in [3.63, 3.8) is 0 Å². The maximum absolute atomic E-state index is 12.9. The highest BCUT2D eigenvalue weighted by Gasteiger charge is 2.35. The number of hydrogen-bond acceptors (Lipinski definition) is 7. The Balaban J connectivity index is 0.000000645. The highest BCUT2D eigenvalue weighted by Crippen LogP contribution is 2.28. The van der Waals surface area contributed by atoms with Crippen LogP contribution in [-0.2, 0) is 11.3 Å². The molecule has 9 nitrogen and oxygen atoms in total. The van der Waals surface area contributed by atoms with Gasteiger partial charge in [-0.1, -0.05) is 0 Å². The maximum Gasteiger partial charge on any atom is 0.290 e. The van der Waals surface area contributed by atoms with Gasteiger partial charge in [0.05, 0.1) is 12.1 Å². The summed E-state index contributed by atoms with van der Waals surface area (Å²) in [6, 6.07) is 6.16. The fourth-order valence-electron chi connectivity index (χ4n) is 4.18. The second-order valence-electron chi connectivity index (χ2n) is 7.44. The largest absolute Gasteiger partial charge is 0.483 e. The molecule has 1 amide bonds. The van der Waals surface area contributed by atoms with Gasteiger partial charge in [0.15, 0.2) is 5.69 Å². The number of anilines is 1. The Morgan fingerprint density at radius 2 is 2.20 bits per heavy atom. The minimum Gasteiger partial charge on any atom is -0.483 e. The first kappa shape index (κ1) is 20.3. The first-order chi connectivity index (χ1) is 14.7. The number of thiazole rings is 1. The van der Waals surface area contributed by atoms with Gasteiger partial charge in [-0.3, -0.25) is 14.7 Å². The standard InChI is InChI=1S/C19H22N6OS.CH2O2.H2/c26-19(22-16-11-25-6-3-12(16)4-7-25)18-14-9-13(1-2-15(14)23-24-18)21-10-17-20-5-8-27-17;2-1-3;/h1-2,5,8-9,12,16,21H,3-4,6-7,10-11H2,(H,22,26)(H,23,24);1H,(H,2,3);1H/t16-;;/m0../s1. The van der Waals surface area contributed by atoms with Crippen molar-refractivity contribution in [3.05, 3.63) is 40.5 Å². The summed E-state index contributed by atoms with van der Waals surface area (Å²) in [5.74, 6) is 0.511. The summed E-state index contributed by atoms with van der Waals surface area (Å²) in [5, 5.41) is 24.6. The molecule has 0 saturated carbocycles. The van der Waals surface area contributed by atoms with E-state index < -0.39 is 0 Å². The zero-order chi connectivity index (χ0) is 20.9. The molecular formula is C20H26N6O3S. The van der Waals surface area contributed by atoms with Crippen LogP contribution < -0.4 is 10.6 Å². The van der Waals surface area contributed by atoms with Crippen LogP contribution in [0.2, 0.25) is 0 Å². The van der Waals surface area contributed by atoms with E-state index in [9.17, 15) is 4.79 Å². The number of benzene rings is 1. The number of carbonyl (C=O) groups is 2. The number of rotatable bonds is 5. The van der Waals surface area contributed by atoms with Gasteiger partial charge >= 0.3 is 0 Å². The summed E-state index contributed by atoms with van der Waals surface area (Å²) in [6.07, 6.45) is 4.16. The minimum absolute atomic E-state index is 0. The molecule has 5 heterocycles. The minimum atomic E-state index is -0.250. The van der Waals surface area contributed by atoms with Gasteiger partial charge in [0.25, 0.3) is 12.4 Å². The van der Waals surface area contributed by atoms with Gasteiger partial charge < -0.3 is 20.6 Å². The number of aromatic amines is 1. The molecule has 3 saturated heterocycles. The molecular weight excluding hydrogens is 404 g/mol. The van der Waals surface area contributed by atoms with Crippen molar-refractivity contribution in [2.75, 3.05) is 25.0 Å². The fourth-order valence-corrected chi connectivity index (χ4v) is 4.74. The molecule has 1 aromatic carbocycles. The zero-order valence-electron chi connectivity index (χ0n) is 16.4. The molecule has 160 valence electrons. The third-order valence-corrected chi connectivity index (χ3v) is 6.46. The summed E-state index contributed by atoms with van der Waals surface area (Å²) in [7, 11) is 0. The lowest BCUT2D eigenvalue weighted by Gasteiger charge is -2.44. The number of piperidine rings is 3. The van der Waals surface area contributed by atoms with Crippen molar-refractivity contribution in [2.45, 2.75) is 25.4 Å². The summed E-state index contributed by atoms with van der Waals surface area (Å²) in [5.41, 5.74) is 2.30. The van der Waals surface area contributed by atoms with Crippen LogP contribution in [0.5, 0.6) is 0 Å². The Bertz CT molecular complexity index is 1000. The lowest BCUT2D eigenvalue weighted by atomic mass is 9.84. The summed E-state index contributed by atoms with van der Waals surface area (Å²) < 4.78 is 0. The van der Waals surface area contributed by atoms with Gasteiger partial charge in [-0.05, 0) is 50.0 Å². The lowest BCUT2D eigenvalue weighted by molar-refractivity contribution is -0.122. The number of H-pyrrole nitrogens is 1. The number of nitrogens with one attached hydrogen (secondary N) is 3. The molecule has 3 aliphatic rings. The number of aromatic nitrogens is 3. The molecule has 4 N–H and O–H groups in total. The van der Waals surface area contributed by atoms with Crippen molar-refractivity contribution in [1.29, 1.82) is 0 Å². The fraction of sp³-hybridized carbons (Fsp3) is 0.400. The molecule has 1 atom stereocenters. The molecule has 3 fully saturated rings. The van der Waals surface area contributed by atoms with Crippen molar-refractivity contribution in [1.82, 2.24) is 25.4 Å². The van der Waals surface area contributed by atoms with Gasteiger partial charge in [0.1, 0.15) is 5.01 Å². The van der Waals surface area contributed by atoms with Crippen molar-refractivity contribution in [2.24, 2.45) is 5.92 Å². The average molecular weight is 431 g/mol. The Morgan fingerprint density at radius 3 is 2.87 bits per heavy atom. The van der Waals surface area contributed by atoms with E-state index in [-0.39, 0.29) is 19.8 Å². The van der Waals surface area contributed by atoms with Crippen LogP contribution in [0.4, 0.5) is 5.69 Å². The lowest BCUT2D eigenvalue weighted by Crippen LogP contribution is -2.57. The van der Waals surface area contributed by atoms with E-state index in [2.05, 4.69) is 30.7 Å². The quantitative estimate of drug-likeness (QED) is 0.458. The molecule has 2 bridgehead atoms. The van der Waals surface area contributed by atoms with Gasteiger partial charge in [-0.15, -0.1) is 11.3 Å². The van der Waals surface area contributed by atoms with E-state index >= 15 is 0 Å². The highest BCUT2D eigenvalue weighted by molar-refractivity contribution is 7.09. The summed E-state index contributed by atoms with van der Waals surface area (Å²) in [4.78, 5) is 28.0. The van der Waals surface area contributed by atoms with Crippen molar-refractivity contribution < 1.29 is 16.1 Å². The van der Waals surface area contributed by atoms with Crippen LogP contribution >= 0.6 is 11.3 Å². The van der Waals surface area contributed by atoms with E-state index in [0.29, 0.717) is 18.2 Å². The SMILES string of the molecule is O=C(N[C@H]1CN2CCC1CC2)c1n[nH]c2ccc(NCc3nccs3)cc12.O=CO.[HH]. The monoisotopic (exact) mass is 430 g/mol. The maximum atomic E-state index is 12.9. The molecule has 3 aliphatic heterocycles. The van der Waals surface area contributed by atoms with E-state index in [1.807, 2.05) is 23.6 Å². The number of carbonyl (C=O) groups excluding carboxylic acids is 1. The highest BCUT2D eigenvalue weighted by atomic mass is 32.1. The van der Waals surface area contributed by atoms with E-state index in [4.69, 9.17) is 9.90 Å². The normalized spacial score (nSPS) is 22.2. The van der Waals surface area contributed by atoms with E-state index in [1.54, 1.807) is 17.5 Å². The van der Waals surface area contributed by atoms with Crippen LogP contribution in [0.3, 0.4) is 0 Å². The summed E-state index contributed by atoms with van der Waals surface area (Å²) >= 11 is 1.62. The Hall–Kier alpha value is -2.98. The van der Waals surface area contributed by atoms with Crippen LogP contribution in [0.15, 0.2) is 29.8 Å². The first-order valence-electron chi connectivity index (χ1n) is 9.89. The molecule has 30 heavy (non-hydrogen) atoms. The average Bonchev–Trinajstić information content (AvgIpc) is 3.43. The van der Waals surface area contributed by atoms with Gasteiger partial charge in [0.2, 0.25) is 0 Å². The Morgan fingerprint density at radius 1 is 1.40 bits per heavy atom. The number of nitrogens with zero attached hydrogens (tertiary/aromatic N) is 3. The molecule has 3 aromatic rings. The first-order valence-corrected chi connectivity index (χ1v) is 10.8. The smallest absolute Gasteiger partial charge is 0.290 e. The van der Waals surface area contributed by atoms with E-state index in [0.717, 1.165) is 41.2 Å². The van der Waals surface area contributed by atoms with Crippen LogP contribution in [0, 0.1) is 5.92 Å². The van der Waals surface area contributed by atoms with Gasteiger partial charge in [-0.2, -0.15) is 5.10 Å². The molecule has 10 heteroatoms. The number of hydrogen-bond donors (Lipinski definition) is 4. The zero-order valence-corrected chi connectivity index (χ0v) is 17.2. The molecule has 0 spiro atoms. The van der Waals surface area contributed by atoms with Crippen LogP contribution in [-0.4, -0.2) is 63.2 Å². The van der Waals surface area contributed by atoms with Crippen molar-refractivity contribution >= 4 is 40.3 Å². The van der Waals surface area contributed by atoms with Gasteiger partial charge in [-0.25, -0.2) is 4.98 Å². The van der Waals surface area contributed by atoms with Crippen LogP contribution in [0.25, 0.3) is 10.9 Å². The second kappa shape index (κ2) is 9.23. The molecule has 0 radical (unpaired) electrons. The Kier molecular flexibility index (Phi) is 6.24. The predicted octanol–water partition coefficient (Wildman–Crippen LogP) is 2.40. The molecule has 2 aromatic heterocycles. The third kappa shape index (κ3) is 4.44. The molecule has 6 rings (SSSR count).